The van der Waals surface area contributed by atoms with Gasteiger partial charge in [-0.15, -0.1) is 11.3 Å². The van der Waals surface area contributed by atoms with Crippen LogP contribution in [0.1, 0.15) is 5.56 Å². The van der Waals surface area contributed by atoms with Gasteiger partial charge in [-0.05, 0) is 23.2 Å². The van der Waals surface area contributed by atoms with E-state index < -0.39 is 0 Å². The first-order valence-corrected chi connectivity index (χ1v) is 10.2. The number of aromatic nitrogens is 3. The minimum Gasteiger partial charge on any atom is -0.379 e. The number of nitrogens with zero attached hydrogens (tertiary/aromatic N) is 5. The Morgan fingerprint density at radius 2 is 2.11 bits per heavy atom. The number of ether oxygens (including phenoxy) is 2. The van der Waals surface area contributed by atoms with E-state index in [0.717, 1.165) is 59.0 Å². The standard InChI is InChI=1S/C18H20ClN5O2S/c1-25-12-9-23(10-12)8-11-6-13-14-15(27-17(13)20-7-11)16(22-18(19)21-14)24-2-4-26-5-3-24/h6-7,12H,2-5,8-10H2,1H3. The first-order valence-electron chi connectivity index (χ1n) is 9.04. The van der Waals surface area contributed by atoms with Crippen LogP contribution in [-0.4, -0.2) is 72.5 Å². The maximum Gasteiger partial charge on any atom is 0.224 e. The summed E-state index contributed by atoms with van der Waals surface area (Å²) in [6.45, 7) is 5.83. The molecule has 0 bridgehead atoms. The minimum atomic E-state index is 0.278. The second kappa shape index (κ2) is 7.10. The highest BCUT2D eigenvalue weighted by Gasteiger charge is 2.26. The molecule has 7 nitrogen and oxygen atoms in total. The predicted octanol–water partition coefficient (Wildman–Crippen LogP) is 2.56. The molecule has 3 aromatic heterocycles. The Bertz CT molecular complexity index is 985. The Morgan fingerprint density at radius 1 is 1.30 bits per heavy atom. The number of hydrogen-bond acceptors (Lipinski definition) is 8. The first kappa shape index (κ1) is 17.5. The quantitative estimate of drug-likeness (QED) is 0.618. The van der Waals surface area contributed by atoms with Crippen molar-refractivity contribution in [2.45, 2.75) is 12.6 Å². The second-order valence-corrected chi connectivity index (χ2v) is 8.28. The molecular weight excluding hydrogens is 386 g/mol. The number of halogens is 1. The van der Waals surface area contributed by atoms with E-state index in [2.05, 4.69) is 25.8 Å². The summed E-state index contributed by atoms with van der Waals surface area (Å²) in [6.07, 6.45) is 2.31. The molecule has 2 aliphatic heterocycles. The summed E-state index contributed by atoms with van der Waals surface area (Å²) in [5.74, 6) is 0.892. The van der Waals surface area contributed by atoms with Crippen molar-refractivity contribution >= 4 is 49.2 Å². The monoisotopic (exact) mass is 405 g/mol. The third-order valence-corrected chi connectivity index (χ3v) is 6.42. The molecule has 5 heterocycles. The SMILES string of the molecule is COC1CN(Cc2cnc3sc4c(N5CCOCC5)nc(Cl)nc4c3c2)C1. The molecule has 2 aliphatic rings. The molecule has 0 atom stereocenters. The largest absolute Gasteiger partial charge is 0.379 e. The lowest BCUT2D eigenvalue weighted by atomic mass is 10.1. The summed E-state index contributed by atoms with van der Waals surface area (Å²) in [7, 11) is 1.77. The molecule has 0 aliphatic carbocycles. The zero-order valence-electron chi connectivity index (χ0n) is 15.0. The molecule has 0 amide bonds. The number of pyridine rings is 1. The fraction of sp³-hybridized carbons (Fsp3) is 0.500. The molecule has 3 aromatic rings. The van der Waals surface area contributed by atoms with Gasteiger partial charge in [0.25, 0.3) is 0 Å². The number of likely N-dealkylation sites (tertiary alicyclic amines) is 1. The summed E-state index contributed by atoms with van der Waals surface area (Å²) in [5, 5.41) is 1.33. The van der Waals surface area contributed by atoms with Gasteiger partial charge in [-0.1, -0.05) is 0 Å². The molecule has 27 heavy (non-hydrogen) atoms. The van der Waals surface area contributed by atoms with E-state index in [1.54, 1.807) is 18.4 Å². The van der Waals surface area contributed by atoms with Gasteiger partial charge >= 0.3 is 0 Å². The molecule has 0 aromatic carbocycles. The van der Waals surface area contributed by atoms with Crippen molar-refractivity contribution in [2.75, 3.05) is 51.4 Å². The van der Waals surface area contributed by atoms with Crippen LogP contribution in [0.4, 0.5) is 5.82 Å². The molecule has 2 fully saturated rings. The number of methoxy groups -OCH3 is 1. The van der Waals surface area contributed by atoms with Gasteiger partial charge in [-0.25, -0.2) is 9.97 Å². The van der Waals surface area contributed by atoms with Crippen molar-refractivity contribution in [1.29, 1.82) is 0 Å². The van der Waals surface area contributed by atoms with Crippen LogP contribution in [0.2, 0.25) is 5.28 Å². The van der Waals surface area contributed by atoms with Crippen LogP contribution in [0.3, 0.4) is 0 Å². The summed E-state index contributed by atoms with van der Waals surface area (Å²) >= 11 is 7.90. The van der Waals surface area contributed by atoms with Gasteiger partial charge in [0, 0.05) is 51.4 Å². The maximum absolute atomic E-state index is 6.27. The van der Waals surface area contributed by atoms with E-state index in [9.17, 15) is 0 Å². The molecule has 2 saturated heterocycles. The fourth-order valence-corrected chi connectivity index (χ4v) is 4.91. The highest BCUT2D eigenvalue weighted by Crippen LogP contribution is 2.38. The molecule has 5 rings (SSSR count). The summed E-state index contributed by atoms with van der Waals surface area (Å²) in [4.78, 5) is 19.3. The van der Waals surface area contributed by atoms with Crippen molar-refractivity contribution in [1.82, 2.24) is 19.9 Å². The van der Waals surface area contributed by atoms with Crippen molar-refractivity contribution < 1.29 is 9.47 Å². The molecule has 0 N–H and O–H groups in total. The van der Waals surface area contributed by atoms with E-state index >= 15 is 0 Å². The van der Waals surface area contributed by atoms with Crippen molar-refractivity contribution in [3.8, 4) is 0 Å². The van der Waals surface area contributed by atoms with E-state index in [1.807, 2.05) is 6.20 Å². The minimum absolute atomic E-state index is 0.278. The molecule has 0 saturated carbocycles. The Balaban J connectivity index is 1.52. The van der Waals surface area contributed by atoms with Crippen LogP contribution < -0.4 is 4.90 Å². The number of hydrogen-bond donors (Lipinski definition) is 0. The molecular formula is C18H20ClN5O2S. The normalized spacial score (nSPS) is 19.1. The van der Waals surface area contributed by atoms with Crippen molar-refractivity contribution in [2.24, 2.45) is 0 Å². The van der Waals surface area contributed by atoms with Crippen LogP contribution in [0.5, 0.6) is 0 Å². The van der Waals surface area contributed by atoms with Gasteiger partial charge in [-0.3, -0.25) is 4.90 Å². The zero-order chi connectivity index (χ0) is 18.4. The highest BCUT2D eigenvalue weighted by atomic mass is 35.5. The molecule has 0 unspecified atom stereocenters. The lowest BCUT2D eigenvalue weighted by Crippen LogP contribution is -2.50. The average molecular weight is 406 g/mol. The first-order chi connectivity index (χ1) is 13.2. The third kappa shape index (κ3) is 3.25. The van der Waals surface area contributed by atoms with Gasteiger partial charge in [0.2, 0.25) is 5.28 Å². The molecule has 0 radical (unpaired) electrons. The summed E-state index contributed by atoms with van der Waals surface area (Å²) < 4.78 is 11.9. The lowest BCUT2D eigenvalue weighted by molar-refractivity contribution is -0.0334. The summed E-state index contributed by atoms with van der Waals surface area (Å²) in [5.41, 5.74) is 2.07. The van der Waals surface area contributed by atoms with Gasteiger partial charge < -0.3 is 14.4 Å². The second-order valence-electron chi connectivity index (χ2n) is 6.94. The van der Waals surface area contributed by atoms with Gasteiger partial charge in [0.15, 0.2) is 5.82 Å². The Kier molecular flexibility index (Phi) is 4.61. The number of anilines is 1. The maximum atomic E-state index is 6.27. The van der Waals surface area contributed by atoms with Crippen LogP contribution in [0.25, 0.3) is 20.4 Å². The topological polar surface area (TPSA) is 63.6 Å². The van der Waals surface area contributed by atoms with E-state index in [-0.39, 0.29) is 5.28 Å². The lowest BCUT2D eigenvalue weighted by Gasteiger charge is -2.38. The highest BCUT2D eigenvalue weighted by molar-refractivity contribution is 7.25. The van der Waals surface area contributed by atoms with Gasteiger partial charge in [0.05, 0.1) is 29.5 Å². The van der Waals surface area contributed by atoms with Crippen LogP contribution in [0.15, 0.2) is 12.3 Å². The molecule has 0 spiro atoms. The molecule has 142 valence electrons. The van der Waals surface area contributed by atoms with Gasteiger partial charge in [-0.2, -0.15) is 4.98 Å². The van der Waals surface area contributed by atoms with E-state index in [4.69, 9.17) is 26.1 Å². The molecule has 9 heteroatoms. The number of fused-ring (bicyclic) bond motifs is 3. The smallest absolute Gasteiger partial charge is 0.224 e. The van der Waals surface area contributed by atoms with Crippen LogP contribution >= 0.6 is 22.9 Å². The summed E-state index contributed by atoms with van der Waals surface area (Å²) in [6, 6.07) is 2.19. The van der Waals surface area contributed by atoms with E-state index in [0.29, 0.717) is 19.3 Å². The Hall–Kier alpha value is -1.58. The number of morpholine rings is 1. The fourth-order valence-electron chi connectivity index (χ4n) is 3.67. The predicted molar refractivity (Wildman–Crippen MR) is 107 cm³/mol. The Labute approximate surface area is 165 Å². The van der Waals surface area contributed by atoms with Gasteiger partial charge in [0.1, 0.15) is 4.83 Å². The number of thiophene rings is 1. The van der Waals surface area contributed by atoms with E-state index in [1.165, 1.54) is 5.56 Å². The van der Waals surface area contributed by atoms with Crippen LogP contribution in [0, 0.1) is 0 Å². The van der Waals surface area contributed by atoms with Crippen molar-refractivity contribution in [3.05, 3.63) is 23.1 Å². The van der Waals surface area contributed by atoms with Crippen molar-refractivity contribution in [3.63, 3.8) is 0 Å². The Morgan fingerprint density at radius 3 is 2.89 bits per heavy atom. The van der Waals surface area contributed by atoms with Crippen LogP contribution in [-0.2, 0) is 16.0 Å². The zero-order valence-corrected chi connectivity index (χ0v) is 16.6. The number of rotatable bonds is 4. The average Bonchev–Trinajstić information content (AvgIpc) is 3.02. The third-order valence-electron chi connectivity index (χ3n) is 5.16.